The number of hydrogen-bond acceptors (Lipinski definition) is 4. The molecule has 134 valence electrons. The van der Waals surface area contributed by atoms with Crippen molar-refractivity contribution in [2.75, 3.05) is 38.3 Å². The monoisotopic (exact) mass is 344 g/mol. The van der Waals surface area contributed by atoms with Gasteiger partial charge in [0.15, 0.2) is 0 Å². The van der Waals surface area contributed by atoms with E-state index < -0.39 is 0 Å². The molecular formula is C20H25FN2O2. The third kappa shape index (κ3) is 4.50. The molecule has 0 amide bonds. The first-order chi connectivity index (χ1) is 12.2. The second-order valence-corrected chi connectivity index (χ2v) is 6.31. The highest BCUT2D eigenvalue weighted by atomic mass is 19.1. The van der Waals surface area contributed by atoms with Gasteiger partial charge >= 0.3 is 0 Å². The van der Waals surface area contributed by atoms with Crippen LogP contribution >= 0.6 is 0 Å². The Morgan fingerprint density at radius 2 is 2.12 bits per heavy atom. The van der Waals surface area contributed by atoms with Gasteiger partial charge in [-0.1, -0.05) is 18.2 Å². The third-order valence-electron chi connectivity index (χ3n) is 4.62. The minimum Gasteiger partial charge on any atom is -0.497 e. The topological polar surface area (TPSA) is 33.7 Å². The van der Waals surface area contributed by atoms with Crippen LogP contribution in [0.1, 0.15) is 18.5 Å². The van der Waals surface area contributed by atoms with Crippen LogP contribution in [0.5, 0.6) is 5.75 Å². The normalized spacial score (nSPS) is 18.8. The van der Waals surface area contributed by atoms with Crippen LogP contribution in [0, 0.1) is 5.82 Å². The Morgan fingerprint density at radius 3 is 2.92 bits per heavy atom. The van der Waals surface area contributed by atoms with E-state index in [1.54, 1.807) is 19.2 Å². The number of ether oxygens (including phenoxy) is 2. The smallest absolute Gasteiger partial charge is 0.125 e. The highest BCUT2D eigenvalue weighted by Gasteiger charge is 2.24. The molecule has 0 radical (unpaired) electrons. The quantitative estimate of drug-likeness (QED) is 0.871. The van der Waals surface area contributed by atoms with Crippen molar-refractivity contribution in [2.45, 2.75) is 19.0 Å². The number of methoxy groups -OCH3 is 1. The number of halogens is 1. The summed E-state index contributed by atoms with van der Waals surface area (Å²) in [5.74, 6) is 0.647. The SMILES string of the molecule is COc1cccc([C@@H](C)NCC2COCCN2c2cccc(F)c2)c1. The molecule has 0 saturated carbocycles. The maximum absolute atomic E-state index is 13.6. The van der Waals surface area contributed by atoms with Crippen molar-refractivity contribution in [3.05, 3.63) is 59.9 Å². The van der Waals surface area contributed by atoms with E-state index >= 15 is 0 Å². The van der Waals surface area contributed by atoms with E-state index in [-0.39, 0.29) is 17.9 Å². The lowest BCUT2D eigenvalue weighted by Crippen LogP contribution is -2.50. The molecule has 0 aromatic heterocycles. The average Bonchev–Trinajstić information content (AvgIpc) is 2.66. The van der Waals surface area contributed by atoms with Crippen LogP contribution in [0.2, 0.25) is 0 Å². The summed E-state index contributed by atoms with van der Waals surface area (Å²) in [7, 11) is 1.67. The van der Waals surface area contributed by atoms with Gasteiger partial charge in [0.25, 0.3) is 0 Å². The van der Waals surface area contributed by atoms with E-state index in [9.17, 15) is 4.39 Å². The molecule has 1 aliphatic heterocycles. The molecule has 1 unspecified atom stereocenters. The molecule has 2 atom stereocenters. The Bertz CT molecular complexity index is 695. The van der Waals surface area contributed by atoms with Crippen molar-refractivity contribution in [1.29, 1.82) is 0 Å². The van der Waals surface area contributed by atoms with Crippen LogP contribution in [0.3, 0.4) is 0 Å². The van der Waals surface area contributed by atoms with E-state index in [4.69, 9.17) is 9.47 Å². The first kappa shape index (κ1) is 17.7. The Kier molecular flexibility index (Phi) is 5.89. The van der Waals surface area contributed by atoms with Crippen LogP contribution in [0.4, 0.5) is 10.1 Å². The highest BCUT2D eigenvalue weighted by Crippen LogP contribution is 2.22. The van der Waals surface area contributed by atoms with Gasteiger partial charge in [-0.3, -0.25) is 0 Å². The molecule has 1 N–H and O–H groups in total. The number of nitrogens with one attached hydrogen (secondary N) is 1. The Hall–Kier alpha value is -2.11. The van der Waals surface area contributed by atoms with Crippen LogP contribution in [-0.2, 0) is 4.74 Å². The zero-order valence-electron chi connectivity index (χ0n) is 14.7. The molecule has 0 bridgehead atoms. The molecule has 2 aromatic carbocycles. The fourth-order valence-electron chi connectivity index (χ4n) is 3.16. The van der Waals surface area contributed by atoms with Crippen LogP contribution in [-0.4, -0.2) is 39.5 Å². The number of hydrogen-bond donors (Lipinski definition) is 1. The molecule has 1 aliphatic rings. The average molecular weight is 344 g/mol. The summed E-state index contributed by atoms with van der Waals surface area (Å²) in [6, 6.07) is 15.2. The second-order valence-electron chi connectivity index (χ2n) is 6.31. The predicted octanol–water partition coefficient (Wildman–Crippen LogP) is 3.39. The lowest BCUT2D eigenvalue weighted by Gasteiger charge is -2.38. The summed E-state index contributed by atoms with van der Waals surface area (Å²) in [6.07, 6.45) is 0. The standard InChI is InChI=1S/C20H25FN2O2/c1-15(16-5-3-8-20(11-16)24-2)22-13-19-14-25-10-9-23(19)18-7-4-6-17(21)12-18/h3-8,11-12,15,19,22H,9-10,13-14H2,1-2H3/t15-,19?/m1/s1. The summed E-state index contributed by atoms with van der Waals surface area (Å²) >= 11 is 0. The van der Waals surface area contributed by atoms with Gasteiger partial charge in [-0.2, -0.15) is 0 Å². The molecule has 5 heteroatoms. The van der Waals surface area contributed by atoms with Crippen molar-refractivity contribution in [3.8, 4) is 5.75 Å². The van der Waals surface area contributed by atoms with Crippen LogP contribution < -0.4 is 15.0 Å². The van der Waals surface area contributed by atoms with E-state index in [0.29, 0.717) is 13.2 Å². The van der Waals surface area contributed by atoms with Crippen molar-refractivity contribution in [2.24, 2.45) is 0 Å². The van der Waals surface area contributed by atoms with Gasteiger partial charge in [-0.25, -0.2) is 4.39 Å². The Balaban J connectivity index is 1.65. The summed E-state index contributed by atoms with van der Waals surface area (Å²) in [4.78, 5) is 2.22. The molecule has 3 rings (SSSR count). The minimum atomic E-state index is -0.208. The van der Waals surface area contributed by atoms with Gasteiger partial charge in [0, 0.05) is 24.8 Å². The zero-order chi connectivity index (χ0) is 17.6. The van der Waals surface area contributed by atoms with E-state index in [0.717, 1.165) is 24.5 Å². The van der Waals surface area contributed by atoms with Crippen LogP contribution in [0.15, 0.2) is 48.5 Å². The summed E-state index contributed by atoms with van der Waals surface area (Å²) in [6.45, 7) is 4.95. The van der Waals surface area contributed by atoms with E-state index in [1.165, 1.54) is 11.6 Å². The number of rotatable bonds is 6. The van der Waals surface area contributed by atoms with Gasteiger partial charge in [0.1, 0.15) is 11.6 Å². The Labute approximate surface area is 148 Å². The van der Waals surface area contributed by atoms with Crippen molar-refractivity contribution >= 4 is 5.69 Å². The summed E-state index contributed by atoms with van der Waals surface area (Å²) < 4.78 is 24.5. The molecule has 4 nitrogen and oxygen atoms in total. The molecule has 0 aliphatic carbocycles. The molecule has 2 aromatic rings. The zero-order valence-corrected chi connectivity index (χ0v) is 14.7. The second kappa shape index (κ2) is 8.32. The number of benzene rings is 2. The molecule has 0 spiro atoms. The molecule has 1 fully saturated rings. The van der Waals surface area contributed by atoms with E-state index in [2.05, 4.69) is 23.2 Å². The number of morpholine rings is 1. The van der Waals surface area contributed by atoms with Gasteiger partial charge in [-0.15, -0.1) is 0 Å². The van der Waals surface area contributed by atoms with Crippen LogP contribution in [0.25, 0.3) is 0 Å². The lowest BCUT2D eigenvalue weighted by molar-refractivity contribution is 0.0930. The fraction of sp³-hybridized carbons (Fsp3) is 0.400. The summed E-state index contributed by atoms with van der Waals surface area (Å²) in [5.41, 5.74) is 2.08. The van der Waals surface area contributed by atoms with Gasteiger partial charge in [0.2, 0.25) is 0 Å². The van der Waals surface area contributed by atoms with Crippen molar-refractivity contribution < 1.29 is 13.9 Å². The molecule has 25 heavy (non-hydrogen) atoms. The lowest BCUT2D eigenvalue weighted by atomic mass is 10.1. The van der Waals surface area contributed by atoms with Gasteiger partial charge < -0.3 is 19.7 Å². The van der Waals surface area contributed by atoms with Crippen molar-refractivity contribution in [3.63, 3.8) is 0 Å². The molecular weight excluding hydrogens is 319 g/mol. The first-order valence-corrected chi connectivity index (χ1v) is 8.64. The largest absolute Gasteiger partial charge is 0.497 e. The Morgan fingerprint density at radius 1 is 1.28 bits per heavy atom. The van der Waals surface area contributed by atoms with Gasteiger partial charge in [0.05, 0.1) is 26.4 Å². The predicted molar refractivity (Wildman–Crippen MR) is 97.8 cm³/mol. The van der Waals surface area contributed by atoms with Gasteiger partial charge in [-0.05, 0) is 42.8 Å². The first-order valence-electron chi connectivity index (χ1n) is 8.64. The third-order valence-corrected chi connectivity index (χ3v) is 4.62. The highest BCUT2D eigenvalue weighted by molar-refractivity contribution is 5.48. The fourth-order valence-corrected chi connectivity index (χ4v) is 3.16. The van der Waals surface area contributed by atoms with Crippen molar-refractivity contribution in [1.82, 2.24) is 5.32 Å². The maximum Gasteiger partial charge on any atom is 0.125 e. The number of nitrogens with zero attached hydrogens (tertiary/aromatic N) is 1. The summed E-state index contributed by atoms with van der Waals surface area (Å²) in [5, 5.41) is 3.56. The van der Waals surface area contributed by atoms with E-state index in [1.807, 2.05) is 24.3 Å². The molecule has 1 saturated heterocycles. The molecule has 1 heterocycles. The number of anilines is 1. The minimum absolute atomic E-state index is 0.170. The maximum atomic E-state index is 13.6.